The molecule has 0 N–H and O–H groups in total. The average molecular weight is 244 g/mol. The third-order valence-corrected chi connectivity index (χ3v) is 2.59. The molecule has 92 valence electrons. The summed E-state index contributed by atoms with van der Waals surface area (Å²) in [4.78, 5) is 22.4. The number of rotatable bonds is 4. The Hall–Kier alpha value is -2.43. The molecule has 0 unspecified atom stereocenters. The first-order valence-electron chi connectivity index (χ1n) is 5.38. The molecule has 2 rings (SSSR count). The van der Waals surface area contributed by atoms with Crippen molar-refractivity contribution in [2.45, 2.75) is 6.54 Å². The lowest BCUT2D eigenvalue weighted by Crippen LogP contribution is -2.06. The van der Waals surface area contributed by atoms with Gasteiger partial charge in [0.1, 0.15) is 6.29 Å². The van der Waals surface area contributed by atoms with Crippen LogP contribution in [0.3, 0.4) is 0 Å². The van der Waals surface area contributed by atoms with E-state index in [4.69, 9.17) is 0 Å². The van der Waals surface area contributed by atoms with Gasteiger partial charge in [-0.1, -0.05) is 6.07 Å². The van der Waals surface area contributed by atoms with E-state index in [9.17, 15) is 9.59 Å². The van der Waals surface area contributed by atoms with E-state index in [0.29, 0.717) is 17.7 Å². The Morgan fingerprint density at radius 3 is 2.94 bits per heavy atom. The summed E-state index contributed by atoms with van der Waals surface area (Å²) in [5.74, 6) is -0.455. The Morgan fingerprint density at radius 2 is 2.33 bits per heavy atom. The van der Waals surface area contributed by atoms with Gasteiger partial charge in [0.15, 0.2) is 0 Å². The van der Waals surface area contributed by atoms with Gasteiger partial charge < -0.3 is 4.74 Å². The summed E-state index contributed by atoms with van der Waals surface area (Å²) >= 11 is 0. The Morgan fingerprint density at radius 1 is 1.50 bits per heavy atom. The number of ether oxygens (including phenoxy) is 1. The summed E-state index contributed by atoms with van der Waals surface area (Å²) in [6.07, 6.45) is 4.21. The number of carbonyl (C=O) groups excluding carboxylic acids is 2. The molecule has 0 aliphatic heterocycles. The number of benzene rings is 1. The highest BCUT2D eigenvalue weighted by molar-refractivity contribution is 5.92. The third kappa shape index (κ3) is 2.45. The van der Waals surface area contributed by atoms with Gasteiger partial charge in [-0.15, -0.1) is 0 Å². The highest BCUT2D eigenvalue weighted by atomic mass is 16.5. The van der Waals surface area contributed by atoms with Crippen LogP contribution in [0.4, 0.5) is 0 Å². The number of esters is 1. The predicted octanol–water partition coefficient (Wildman–Crippen LogP) is 1.53. The average Bonchev–Trinajstić information content (AvgIpc) is 2.91. The molecule has 0 radical (unpaired) electrons. The van der Waals surface area contributed by atoms with Gasteiger partial charge in [-0.05, 0) is 23.8 Å². The van der Waals surface area contributed by atoms with E-state index in [2.05, 4.69) is 9.84 Å². The first kappa shape index (κ1) is 12.0. The van der Waals surface area contributed by atoms with Gasteiger partial charge in [0.05, 0.1) is 19.2 Å². The summed E-state index contributed by atoms with van der Waals surface area (Å²) in [5.41, 5.74) is 1.64. The molecular weight excluding hydrogens is 232 g/mol. The molecule has 0 fully saturated rings. The molecule has 1 aromatic heterocycles. The molecule has 1 aromatic carbocycles. The van der Waals surface area contributed by atoms with Crippen LogP contribution in [0.2, 0.25) is 0 Å². The SMILES string of the molecule is COC(=O)c1ccc(Cn2cccn2)c(C=O)c1. The van der Waals surface area contributed by atoms with E-state index in [1.54, 1.807) is 23.0 Å². The number of nitrogens with zero attached hydrogens (tertiary/aromatic N) is 2. The molecule has 0 bridgehead atoms. The zero-order chi connectivity index (χ0) is 13.0. The van der Waals surface area contributed by atoms with Crippen LogP contribution >= 0.6 is 0 Å². The molecule has 0 aliphatic carbocycles. The lowest BCUT2D eigenvalue weighted by atomic mass is 10.0. The van der Waals surface area contributed by atoms with Gasteiger partial charge in [-0.3, -0.25) is 9.48 Å². The fourth-order valence-electron chi connectivity index (χ4n) is 1.66. The Kier molecular flexibility index (Phi) is 3.52. The number of aldehydes is 1. The first-order chi connectivity index (χ1) is 8.74. The van der Waals surface area contributed by atoms with Gasteiger partial charge in [0.25, 0.3) is 0 Å². The predicted molar refractivity (Wildman–Crippen MR) is 64.5 cm³/mol. The minimum atomic E-state index is -0.455. The summed E-state index contributed by atoms with van der Waals surface area (Å²) in [7, 11) is 1.31. The summed E-state index contributed by atoms with van der Waals surface area (Å²) < 4.78 is 6.32. The maximum Gasteiger partial charge on any atom is 0.337 e. The lowest BCUT2D eigenvalue weighted by Gasteiger charge is -2.07. The molecule has 5 heteroatoms. The lowest BCUT2D eigenvalue weighted by molar-refractivity contribution is 0.0600. The number of aromatic nitrogens is 2. The van der Waals surface area contributed by atoms with Crippen LogP contribution in [0.25, 0.3) is 0 Å². The van der Waals surface area contributed by atoms with E-state index in [1.165, 1.54) is 13.2 Å². The second kappa shape index (κ2) is 5.27. The van der Waals surface area contributed by atoms with Crippen molar-refractivity contribution in [1.29, 1.82) is 0 Å². The summed E-state index contributed by atoms with van der Waals surface area (Å²) in [6, 6.07) is 6.70. The molecule has 0 saturated heterocycles. The smallest absolute Gasteiger partial charge is 0.337 e. The minimum absolute atomic E-state index is 0.365. The Labute approximate surface area is 104 Å². The van der Waals surface area contributed by atoms with Crippen molar-refractivity contribution in [3.8, 4) is 0 Å². The van der Waals surface area contributed by atoms with Crippen molar-refractivity contribution >= 4 is 12.3 Å². The minimum Gasteiger partial charge on any atom is -0.465 e. The molecular formula is C13H12N2O3. The maximum absolute atomic E-state index is 11.4. The first-order valence-corrected chi connectivity index (χ1v) is 5.38. The van der Waals surface area contributed by atoms with Crippen molar-refractivity contribution in [2.24, 2.45) is 0 Å². The van der Waals surface area contributed by atoms with E-state index in [1.807, 2.05) is 12.3 Å². The normalized spacial score (nSPS) is 10.1. The molecule has 0 amide bonds. The molecule has 2 aromatic rings. The van der Waals surface area contributed by atoms with Crippen LogP contribution in [0.1, 0.15) is 26.3 Å². The van der Waals surface area contributed by atoms with Gasteiger partial charge in [-0.2, -0.15) is 5.10 Å². The van der Waals surface area contributed by atoms with Gasteiger partial charge in [0.2, 0.25) is 0 Å². The largest absolute Gasteiger partial charge is 0.465 e. The van der Waals surface area contributed by atoms with Crippen LogP contribution in [0, 0.1) is 0 Å². The topological polar surface area (TPSA) is 61.2 Å². The highest BCUT2D eigenvalue weighted by Crippen LogP contribution is 2.12. The standard InChI is InChI=1S/C13H12N2O3/c1-18-13(17)10-3-4-11(12(7-10)9-16)8-15-6-2-5-14-15/h2-7,9H,8H2,1H3. The van der Waals surface area contributed by atoms with Crippen molar-refractivity contribution in [2.75, 3.05) is 7.11 Å². The van der Waals surface area contributed by atoms with Gasteiger partial charge in [0, 0.05) is 18.0 Å². The van der Waals surface area contributed by atoms with Crippen molar-refractivity contribution in [1.82, 2.24) is 9.78 Å². The quantitative estimate of drug-likeness (QED) is 0.604. The number of hydrogen-bond acceptors (Lipinski definition) is 4. The fourth-order valence-corrected chi connectivity index (χ4v) is 1.66. The number of carbonyl (C=O) groups is 2. The maximum atomic E-state index is 11.4. The van der Waals surface area contributed by atoms with Crippen LogP contribution in [0.5, 0.6) is 0 Å². The molecule has 0 aliphatic rings. The van der Waals surface area contributed by atoms with Crippen LogP contribution < -0.4 is 0 Å². The zero-order valence-electron chi connectivity index (χ0n) is 9.87. The second-order valence-electron chi connectivity index (χ2n) is 3.73. The second-order valence-corrected chi connectivity index (χ2v) is 3.73. The van der Waals surface area contributed by atoms with Crippen LogP contribution in [-0.4, -0.2) is 29.1 Å². The Bertz CT molecular complexity index is 562. The molecule has 18 heavy (non-hydrogen) atoms. The van der Waals surface area contributed by atoms with E-state index in [-0.39, 0.29) is 0 Å². The van der Waals surface area contributed by atoms with Gasteiger partial charge in [-0.25, -0.2) is 4.79 Å². The Balaban J connectivity index is 2.31. The van der Waals surface area contributed by atoms with Crippen molar-refractivity contribution in [3.63, 3.8) is 0 Å². The van der Waals surface area contributed by atoms with Crippen LogP contribution in [-0.2, 0) is 11.3 Å². The highest BCUT2D eigenvalue weighted by Gasteiger charge is 2.09. The van der Waals surface area contributed by atoms with Crippen molar-refractivity contribution < 1.29 is 14.3 Å². The van der Waals surface area contributed by atoms with E-state index in [0.717, 1.165) is 11.8 Å². The van der Waals surface area contributed by atoms with E-state index < -0.39 is 5.97 Å². The fraction of sp³-hybridized carbons (Fsp3) is 0.154. The summed E-state index contributed by atoms with van der Waals surface area (Å²) in [6.45, 7) is 0.489. The monoisotopic (exact) mass is 244 g/mol. The number of hydrogen-bond donors (Lipinski definition) is 0. The summed E-state index contributed by atoms with van der Waals surface area (Å²) in [5, 5.41) is 4.07. The molecule has 0 saturated carbocycles. The van der Waals surface area contributed by atoms with Crippen molar-refractivity contribution in [3.05, 3.63) is 53.3 Å². The zero-order valence-corrected chi connectivity index (χ0v) is 9.87. The third-order valence-electron chi connectivity index (χ3n) is 2.59. The molecule has 0 spiro atoms. The van der Waals surface area contributed by atoms with Crippen LogP contribution in [0.15, 0.2) is 36.7 Å². The molecule has 5 nitrogen and oxygen atoms in total. The molecule has 0 atom stereocenters. The van der Waals surface area contributed by atoms with Gasteiger partial charge >= 0.3 is 5.97 Å². The number of methoxy groups -OCH3 is 1. The van der Waals surface area contributed by atoms with E-state index >= 15 is 0 Å². The molecule has 1 heterocycles.